The van der Waals surface area contributed by atoms with Crippen molar-refractivity contribution in [2.75, 3.05) is 17.4 Å². The largest absolute Gasteiger partial charge is 0.504 e. The summed E-state index contributed by atoms with van der Waals surface area (Å²) < 4.78 is 19.4. The van der Waals surface area contributed by atoms with Crippen molar-refractivity contribution in [2.24, 2.45) is 23.7 Å². The third-order valence-corrected chi connectivity index (χ3v) is 11.4. The monoisotopic (exact) mass is 735 g/mol. The molecule has 1 saturated carbocycles. The van der Waals surface area contributed by atoms with Crippen LogP contribution in [0.2, 0.25) is 5.02 Å². The number of hydrogen-bond donors (Lipinski definition) is 3. The lowest BCUT2D eigenvalue weighted by Crippen LogP contribution is -2.53. The van der Waals surface area contributed by atoms with E-state index in [1.807, 2.05) is 6.08 Å². The molecular weight excluding hydrogens is 705 g/mol. The third kappa shape index (κ3) is 5.11. The van der Waals surface area contributed by atoms with E-state index in [4.69, 9.17) is 16.3 Å². The van der Waals surface area contributed by atoms with E-state index in [0.29, 0.717) is 21.7 Å². The molecule has 3 N–H and O–H groups in total. The molecule has 4 aliphatic rings. The predicted octanol–water partition coefficient (Wildman–Crippen LogP) is 6.08. The highest BCUT2D eigenvalue weighted by Crippen LogP contribution is 2.64. The third-order valence-electron chi connectivity index (χ3n) is 11.1. The Morgan fingerprint density at radius 3 is 2.36 bits per heavy atom. The minimum atomic E-state index is -1.62. The highest BCUT2D eigenvalue weighted by Gasteiger charge is 2.70. The number of nitrogens with one attached hydrogen (secondary N) is 1. The fraction of sp³-hybridized carbons (Fsp3) is 0.225. The molecular formula is C40H31ClFN3O8. The van der Waals surface area contributed by atoms with Gasteiger partial charge in [0.2, 0.25) is 11.8 Å². The number of carboxylic acid groups (broad SMARTS) is 1. The lowest BCUT2D eigenvalue weighted by Gasteiger charge is -2.50. The number of imide groups is 2. The van der Waals surface area contributed by atoms with Gasteiger partial charge in [0.15, 0.2) is 11.5 Å². The second kappa shape index (κ2) is 12.6. The molecule has 4 amide bonds. The number of carbonyl (C=O) groups is 5. The number of aromatic hydroxyl groups is 1. The van der Waals surface area contributed by atoms with Crippen molar-refractivity contribution in [3.8, 4) is 11.5 Å². The van der Waals surface area contributed by atoms with E-state index >= 15 is 4.79 Å². The molecule has 6 atom stereocenters. The number of fused-ring (bicyclic) bond motifs is 4. The Labute approximate surface area is 307 Å². The highest BCUT2D eigenvalue weighted by atomic mass is 35.5. The summed E-state index contributed by atoms with van der Waals surface area (Å²) in [6, 6.07) is 22.1. The molecule has 2 aliphatic heterocycles. The molecule has 8 rings (SSSR count). The van der Waals surface area contributed by atoms with Crippen molar-refractivity contribution >= 4 is 52.6 Å². The van der Waals surface area contributed by atoms with Gasteiger partial charge < -0.3 is 14.9 Å². The van der Waals surface area contributed by atoms with Crippen LogP contribution in [0.15, 0.2) is 103 Å². The Balaban J connectivity index is 1.32. The Hall–Kier alpha value is -6.01. The minimum absolute atomic E-state index is 0.00947. The number of aromatic carboxylic acids is 1. The zero-order chi connectivity index (χ0) is 37.3. The molecule has 0 bridgehead atoms. The lowest BCUT2D eigenvalue weighted by atomic mass is 9.49. The maximum atomic E-state index is 15.2. The molecule has 0 unspecified atom stereocenters. The van der Waals surface area contributed by atoms with Crippen molar-refractivity contribution in [2.45, 2.75) is 24.2 Å². The quantitative estimate of drug-likeness (QED) is 0.151. The van der Waals surface area contributed by atoms with Crippen LogP contribution in [0.4, 0.5) is 15.8 Å². The van der Waals surface area contributed by atoms with E-state index in [1.54, 1.807) is 36.4 Å². The highest BCUT2D eigenvalue weighted by molar-refractivity contribution is 6.30. The molecule has 4 aromatic rings. The molecule has 2 aliphatic carbocycles. The molecule has 2 saturated heterocycles. The molecule has 0 radical (unpaired) electrons. The fourth-order valence-electron chi connectivity index (χ4n) is 8.94. The van der Waals surface area contributed by atoms with Gasteiger partial charge in [0.1, 0.15) is 5.82 Å². The average Bonchev–Trinajstić information content (AvgIpc) is 3.53. The molecule has 0 aromatic heterocycles. The number of rotatable bonds is 7. The number of hydrazine groups is 1. The van der Waals surface area contributed by atoms with Crippen LogP contribution in [0.5, 0.6) is 11.5 Å². The first-order valence-electron chi connectivity index (χ1n) is 16.9. The molecule has 13 heteroatoms. The Kier molecular flexibility index (Phi) is 8.10. The predicted molar refractivity (Wildman–Crippen MR) is 190 cm³/mol. The number of methoxy groups -OCH3 is 1. The number of benzene rings is 4. The second-order valence-corrected chi connectivity index (χ2v) is 14.1. The summed E-state index contributed by atoms with van der Waals surface area (Å²) >= 11 is 6.34. The summed E-state index contributed by atoms with van der Waals surface area (Å²) in [5.41, 5.74) is 3.26. The summed E-state index contributed by atoms with van der Waals surface area (Å²) in [5.74, 6) is -8.37. The molecule has 53 heavy (non-hydrogen) atoms. The molecule has 4 aromatic carbocycles. The number of phenols is 1. The van der Waals surface area contributed by atoms with Crippen molar-refractivity contribution in [3.63, 3.8) is 0 Å². The van der Waals surface area contributed by atoms with Gasteiger partial charge >= 0.3 is 5.97 Å². The van der Waals surface area contributed by atoms with Gasteiger partial charge in [0, 0.05) is 10.9 Å². The molecule has 3 fully saturated rings. The summed E-state index contributed by atoms with van der Waals surface area (Å²) in [5, 5.41) is 21.6. The van der Waals surface area contributed by atoms with Crippen LogP contribution >= 0.6 is 11.6 Å². The van der Waals surface area contributed by atoms with Gasteiger partial charge in [-0.1, -0.05) is 47.5 Å². The number of nitrogens with zero attached hydrogens (tertiary/aromatic N) is 2. The first-order valence-corrected chi connectivity index (χ1v) is 17.3. The number of amides is 4. The van der Waals surface area contributed by atoms with Crippen LogP contribution in [-0.2, 0) is 24.6 Å². The summed E-state index contributed by atoms with van der Waals surface area (Å²) in [4.78, 5) is 71.3. The topological polar surface area (TPSA) is 154 Å². The zero-order valence-electron chi connectivity index (χ0n) is 28.0. The second-order valence-electron chi connectivity index (χ2n) is 13.7. The Morgan fingerprint density at radius 1 is 0.925 bits per heavy atom. The van der Waals surface area contributed by atoms with E-state index in [9.17, 15) is 33.8 Å². The van der Waals surface area contributed by atoms with E-state index in [0.717, 1.165) is 9.91 Å². The number of carboxylic acids is 1. The van der Waals surface area contributed by atoms with Crippen molar-refractivity contribution < 1.29 is 43.3 Å². The average molecular weight is 736 g/mol. The first kappa shape index (κ1) is 34.1. The standard InChI is InChI=1S/C40H31ClFN3O8/c1-53-32-18-20(5-16-31(32)46)34-27-14-15-28-33(37(49)44(35(28)47)26-4-2-3-21(17-26)38(50)51)29(27)19-30-36(48)45(43-25-12-10-24(42)11-13-25)39(52)40(30,34)22-6-8-23(41)9-7-22/h2-14,16-18,28-30,33-34,43,46H,15,19H2,1H3,(H,50,51)/t28-,29+,30-,33-,34-,40+/m0/s1. The van der Waals surface area contributed by atoms with Crippen LogP contribution in [0.25, 0.3) is 0 Å². The van der Waals surface area contributed by atoms with Crippen LogP contribution in [0.1, 0.15) is 40.2 Å². The van der Waals surface area contributed by atoms with Gasteiger partial charge in [-0.3, -0.25) is 29.5 Å². The van der Waals surface area contributed by atoms with E-state index in [1.165, 1.54) is 61.7 Å². The van der Waals surface area contributed by atoms with Crippen molar-refractivity contribution in [1.29, 1.82) is 0 Å². The van der Waals surface area contributed by atoms with Crippen molar-refractivity contribution in [3.05, 3.63) is 130 Å². The lowest BCUT2D eigenvalue weighted by molar-refractivity contribution is -0.138. The van der Waals surface area contributed by atoms with Crippen molar-refractivity contribution in [1.82, 2.24) is 5.01 Å². The first-order chi connectivity index (χ1) is 25.4. The Morgan fingerprint density at radius 2 is 1.66 bits per heavy atom. The smallest absolute Gasteiger partial charge is 0.335 e. The van der Waals surface area contributed by atoms with Crippen LogP contribution in [0, 0.1) is 29.5 Å². The molecule has 268 valence electrons. The number of anilines is 2. The number of allylic oxidation sites excluding steroid dienone is 2. The fourth-order valence-corrected chi connectivity index (χ4v) is 9.06. The van der Waals surface area contributed by atoms with Gasteiger partial charge in [-0.15, -0.1) is 0 Å². The summed E-state index contributed by atoms with van der Waals surface area (Å²) in [6.45, 7) is 0. The normalized spacial score (nSPS) is 26.2. The maximum absolute atomic E-state index is 15.2. The Bertz CT molecular complexity index is 2260. The maximum Gasteiger partial charge on any atom is 0.335 e. The van der Waals surface area contributed by atoms with Gasteiger partial charge in [-0.25, -0.2) is 9.18 Å². The van der Waals surface area contributed by atoms with Gasteiger partial charge in [0.25, 0.3) is 11.8 Å². The summed E-state index contributed by atoms with van der Waals surface area (Å²) in [6.07, 6.45) is 2.03. The molecule has 2 heterocycles. The SMILES string of the molecule is COc1cc([C@H]2C3=CC[C@@H]4C(=O)N(c5cccc(C(=O)O)c5)C(=O)[C@@H]4[C@@H]3C[C@H]3C(=O)N(Nc4ccc(F)cc4)C(=O)[C@@]23c2ccc(Cl)cc2)ccc1O. The number of hydrogen-bond acceptors (Lipinski definition) is 8. The number of halogens is 2. The molecule has 0 spiro atoms. The zero-order valence-corrected chi connectivity index (χ0v) is 28.8. The van der Waals surface area contributed by atoms with E-state index in [-0.39, 0.29) is 41.3 Å². The van der Waals surface area contributed by atoms with Gasteiger partial charge in [-0.2, -0.15) is 5.01 Å². The van der Waals surface area contributed by atoms with E-state index in [2.05, 4.69) is 5.43 Å². The molecule has 11 nitrogen and oxygen atoms in total. The van der Waals surface area contributed by atoms with Gasteiger partial charge in [-0.05, 0) is 96.6 Å². The van der Waals surface area contributed by atoms with Crippen LogP contribution in [0.3, 0.4) is 0 Å². The van der Waals surface area contributed by atoms with E-state index < -0.39 is 70.4 Å². The summed E-state index contributed by atoms with van der Waals surface area (Å²) in [7, 11) is 1.39. The van der Waals surface area contributed by atoms with Crippen LogP contribution in [-0.4, -0.2) is 51.9 Å². The number of ether oxygens (including phenoxy) is 1. The number of phenolic OH excluding ortho intramolecular Hbond substituents is 1. The minimum Gasteiger partial charge on any atom is -0.504 e. The van der Waals surface area contributed by atoms with Crippen LogP contribution < -0.4 is 15.1 Å². The van der Waals surface area contributed by atoms with Gasteiger partial charge in [0.05, 0.1) is 47.2 Å². The number of carbonyl (C=O) groups excluding carboxylic acids is 4.